The lowest BCUT2D eigenvalue weighted by Crippen LogP contribution is -2.17. The van der Waals surface area contributed by atoms with E-state index in [1.165, 1.54) is 16.7 Å². The van der Waals surface area contributed by atoms with E-state index >= 15 is 0 Å². The Balaban J connectivity index is 2.00. The predicted molar refractivity (Wildman–Crippen MR) is 130 cm³/mol. The van der Waals surface area contributed by atoms with Crippen LogP contribution in [-0.4, -0.2) is 20.9 Å². The van der Waals surface area contributed by atoms with E-state index in [0.29, 0.717) is 55.9 Å². The van der Waals surface area contributed by atoms with E-state index < -0.39 is 5.60 Å². The normalized spacial score (nSPS) is 11.7. The summed E-state index contributed by atoms with van der Waals surface area (Å²) in [5.74, 6) is 0.689. The number of hydrogen-bond acceptors (Lipinski definition) is 4. The second-order valence-corrected chi connectivity index (χ2v) is 9.15. The molecule has 2 N–H and O–H groups in total. The number of nitrogens with one attached hydrogen (secondary N) is 1. The molecule has 0 aliphatic heterocycles. The van der Waals surface area contributed by atoms with Crippen molar-refractivity contribution < 1.29 is 19.0 Å². The van der Waals surface area contributed by atoms with Crippen LogP contribution >= 0.6 is 0 Å². The van der Waals surface area contributed by atoms with Gasteiger partial charge in [0.05, 0.1) is 5.60 Å². The number of H-pyrrole nitrogens is 1. The van der Waals surface area contributed by atoms with Crippen LogP contribution in [-0.2, 0) is 23.9 Å². The maximum atomic E-state index is 13.9. The highest BCUT2D eigenvalue weighted by atomic mass is 19.1. The second kappa shape index (κ2) is 8.57. The molecule has 0 saturated heterocycles. The minimum Gasteiger partial charge on any atom is -0.456 e. The number of aldehydes is 1. The van der Waals surface area contributed by atoms with E-state index in [2.05, 4.69) is 4.98 Å². The molecule has 34 heavy (non-hydrogen) atoms. The molecule has 0 unspecified atom stereocenters. The minimum atomic E-state index is -1.12. The van der Waals surface area contributed by atoms with E-state index in [9.17, 15) is 19.1 Å². The van der Waals surface area contributed by atoms with Crippen LogP contribution in [0.5, 0.6) is 11.5 Å². The number of fused-ring (bicyclic) bond motifs is 1. The summed E-state index contributed by atoms with van der Waals surface area (Å²) in [6.07, 6.45) is 2.64. The van der Waals surface area contributed by atoms with Crippen molar-refractivity contribution in [1.82, 2.24) is 9.55 Å². The molecule has 2 aromatic carbocycles. The summed E-state index contributed by atoms with van der Waals surface area (Å²) >= 11 is 0. The van der Waals surface area contributed by atoms with Crippen molar-refractivity contribution >= 4 is 17.2 Å². The number of carbonyl (C=O) groups is 1. The number of pyridine rings is 1. The zero-order valence-electron chi connectivity index (χ0n) is 19.8. The fourth-order valence-corrected chi connectivity index (χ4v) is 4.18. The number of aromatic nitrogens is 2. The van der Waals surface area contributed by atoms with Crippen LogP contribution in [0.1, 0.15) is 36.2 Å². The quantitative estimate of drug-likeness (QED) is 0.393. The maximum absolute atomic E-state index is 13.9. The molecule has 0 radical (unpaired) electrons. The van der Waals surface area contributed by atoms with Crippen molar-refractivity contribution in [3.05, 3.63) is 81.2 Å². The molecule has 2 heterocycles. The maximum Gasteiger partial charge on any atom is 0.274 e. The Hall–Kier alpha value is -3.71. The van der Waals surface area contributed by atoms with E-state index in [0.717, 1.165) is 6.29 Å². The number of halogens is 1. The van der Waals surface area contributed by atoms with Crippen molar-refractivity contribution in [2.45, 2.75) is 39.7 Å². The zero-order valence-corrected chi connectivity index (χ0v) is 19.8. The van der Waals surface area contributed by atoms with Crippen molar-refractivity contribution in [3.63, 3.8) is 0 Å². The van der Waals surface area contributed by atoms with Crippen molar-refractivity contribution in [1.29, 1.82) is 0 Å². The first kappa shape index (κ1) is 23.4. The molecule has 0 aliphatic rings. The first-order valence-electron chi connectivity index (χ1n) is 11.0. The van der Waals surface area contributed by atoms with Gasteiger partial charge in [-0.2, -0.15) is 0 Å². The minimum absolute atomic E-state index is 0.151. The van der Waals surface area contributed by atoms with Gasteiger partial charge in [0.15, 0.2) is 0 Å². The second-order valence-electron chi connectivity index (χ2n) is 9.15. The number of benzene rings is 2. The van der Waals surface area contributed by atoms with Gasteiger partial charge in [-0.1, -0.05) is 6.07 Å². The average Bonchev–Trinajstić information content (AvgIpc) is 3.17. The smallest absolute Gasteiger partial charge is 0.274 e. The van der Waals surface area contributed by atoms with E-state index in [-0.39, 0.29) is 17.8 Å². The van der Waals surface area contributed by atoms with Gasteiger partial charge in [0.1, 0.15) is 29.1 Å². The van der Waals surface area contributed by atoms with E-state index in [4.69, 9.17) is 4.74 Å². The molecular weight excluding hydrogens is 435 g/mol. The Morgan fingerprint density at radius 3 is 2.41 bits per heavy atom. The van der Waals surface area contributed by atoms with Crippen LogP contribution in [0.15, 0.2) is 47.4 Å². The molecule has 0 amide bonds. The molecule has 2 aromatic heterocycles. The lowest BCUT2D eigenvalue weighted by atomic mass is 9.93. The Bertz CT molecular complexity index is 1450. The highest BCUT2D eigenvalue weighted by molar-refractivity contribution is 5.97. The van der Waals surface area contributed by atoms with Crippen LogP contribution in [0.2, 0.25) is 0 Å². The number of aromatic amines is 1. The molecule has 4 rings (SSSR count). The first-order chi connectivity index (χ1) is 16.0. The number of nitrogens with zero attached hydrogens (tertiary/aromatic N) is 1. The van der Waals surface area contributed by atoms with Gasteiger partial charge < -0.3 is 24.2 Å². The fraction of sp³-hybridized carbons (Fsp3) is 0.259. The van der Waals surface area contributed by atoms with Gasteiger partial charge in [-0.25, -0.2) is 4.39 Å². The third-order valence-corrected chi connectivity index (χ3v) is 5.94. The lowest BCUT2D eigenvalue weighted by Gasteiger charge is -2.22. The van der Waals surface area contributed by atoms with E-state index in [1.54, 1.807) is 59.1 Å². The van der Waals surface area contributed by atoms with Crippen LogP contribution < -0.4 is 10.3 Å². The average molecular weight is 463 g/mol. The number of rotatable bonds is 6. The zero-order chi connectivity index (χ0) is 24.8. The summed E-state index contributed by atoms with van der Waals surface area (Å²) in [4.78, 5) is 26.9. The topological polar surface area (TPSA) is 84.3 Å². The summed E-state index contributed by atoms with van der Waals surface area (Å²) in [6.45, 7) is 6.93. The monoisotopic (exact) mass is 462 g/mol. The molecular formula is C27H27FN2O4. The molecule has 0 fully saturated rings. The third-order valence-electron chi connectivity index (χ3n) is 5.94. The molecule has 0 aliphatic carbocycles. The van der Waals surface area contributed by atoms with Crippen molar-refractivity contribution in [2.75, 3.05) is 0 Å². The number of hydrogen-bond donors (Lipinski definition) is 2. The van der Waals surface area contributed by atoms with Crippen LogP contribution in [0.25, 0.3) is 22.0 Å². The van der Waals surface area contributed by atoms with Crippen LogP contribution in [0, 0.1) is 19.7 Å². The molecule has 4 aromatic rings. The van der Waals surface area contributed by atoms with Gasteiger partial charge in [0.2, 0.25) is 0 Å². The highest BCUT2D eigenvalue weighted by Gasteiger charge is 2.22. The van der Waals surface area contributed by atoms with Crippen molar-refractivity contribution in [3.8, 4) is 22.6 Å². The Kier molecular flexibility index (Phi) is 5.91. The van der Waals surface area contributed by atoms with Gasteiger partial charge >= 0.3 is 0 Å². The van der Waals surface area contributed by atoms with Gasteiger partial charge in [-0.05, 0) is 74.7 Å². The van der Waals surface area contributed by atoms with Crippen LogP contribution in [0.4, 0.5) is 4.39 Å². The van der Waals surface area contributed by atoms with Gasteiger partial charge in [0.25, 0.3) is 5.56 Å². The lowest BCUT2D eigenvalue weighted by molar-refractivity contribution is -0.107. The first-order valence-corrected chi connectivity index (χ1v) is 11.0. The molecule has 7 heteroatoms. The van der Waals surface area contributed by atoms with E-state index in [1.807, 2.05) is 6.07 Å². The number of ether oxygens (including phenoxy) is 1. The Morgan fingerprint density at radius 2 is 1.79 bits per heavy atom. The summed E-state index contributed by atoms with van der Waals surface area (Å²) < 4.78 is 21.6. The largest absolute Gasteiger partial charge is 0.456 e. The Morgan fingerprint density at radius 1 is 1.12 bits per heavy atom. The van der Waals surface area contributed by atoms with Gasteiger partial charge in [0, 0.05) is 41.9 Å². The Labute approximate surface area is 196 Å². The molecule has 0 bridgehead atoms. The summed E-state index contributed by atoms with van der Waals surface area (Å²) in [5.41, 5.74) is 2.98. The van der Waals surface area contributed by atoms with Gasteiger partial charge in [-0.15, -0.1) is 0 Å². The molecule has 6 nitrogen and oxygen atoms in total. The highest BCUT2D eigenvalue weighted by Crippen LogP contribution is 2.40. The third kappa shape index (κ3) is 4.26. The molecule has 176 valence electrons. The molecule has 0 atom stereocenters. The predicted octanol–water partition coefficient (Wildman–Crippen LogP) is 5.05. The summed E-state index contributed by atoms with van der Waals surface area (Å²) in [7, 11) is 1.65. The summed E-state index contributed by atoms with van der Waals surface area (Å²) in [5, 5.41) is 11.3. The van der Waals surface area contributed by atoms with Crippen molar-refractivity contribution in [2.24, 2.45) is 7.05 Å². The molecule has 0 saturated carbocycles. The number of aliphatic hydroxyl groups is 1. The standard InChI is InChI=1S/C27H27FN2O4/c1-15-10-18(28)11-16(2)25(15)34-23-7-6-17(27(3,4)33)12-20(23)22-14-30(5)26(32)24-21(22)13-19(29-24)8-9-31/h6-7,9-14,29,33H,8H2,1-5H3. The fourth-order valence-electron chi connectivity index (χ4n) is 4.18. The van der Waals surface area contributed by atoms with Crippen LogP contribution in [0.3, 0.4) is 0 Å². The molecule has 0 spiro atoms. The van der Waals surface area contributed by atoms with Gasteiger partial charge in [-0.3, -0.25) is 4.79 Å². The SMILES string of the molecule is Cc1cc(F)cc(C)c1Oc1ccc(C(C)(C)O)cc1-c1cn(C)c(=O)c2[nH]c(CC=O)cc12. The number of carbonyl (C=O) groups excluding carboxylic acids is 1. The summed E-state index contributed by atoms with van der Waals surface area (Å²) in [6, 6.07) is 9.98. The number of aryl methyl sites for hydroxylation is 3.